The number of benzene rings is 2. The number of rotatable bonds is 6. The summed E-state index contributed by atoms with van der Waals surface area (Å²) in [5.74, 6) is 0.903. The van der Waals surface area contributed by atoms with Gasteiger partial charge in [0, 0.05) is 24.8 Å². The molecule has 0 aliphatic carbocycles. The normalized spacial score (nSPS) is 10.9. The number of amides is 2. The third-order valence-corrected chi connectivity index (χ3v) is 5.07. The first-order valence-corrected chi connectivity index (χ1v) is 10.1. The summed E-state index contributed by atoms with van der Waals surface area (Å²) in [5, 5.41) is 5.82. The van der Waals surface area contributed by atoms with Crippen LogP contribution in [-0.4, -0.2) is 27.1 Å². The summed E-state index contributed by atoms with van der Waals surface area (Å²) in [7, 11) is 0. The van der Waals surface area contributed by atoms with Crippen molar-refractivity contribution in [2.24, 2.45) is 0 Å². The number of fused-ring (bicyclic) bond motifs is 1. The second kappa shape index (κ2) is 8.78. The predicted octanol–water partition coefficient (Wildman–Crippen LogP) is 4.46. The lowest BCUT2D eigenvalue weighted by Crippen LogP contribution is -2.31. The van der Waals surface area contributed by atoms with Gasteiger partial charge in [-0.15, -0.1) is 0 Å². The first-order valence-electron chi connectivity index (χ1n) is 10.1. The number of anilines is 1. The van der Waals surface area contributed by atoms with Gasteiger partial charge in [0.25, 0.3) is 0 Å². The van der Waals surface area contributed by atoms with Gasteiger partial charge in [-0.2, -0.15) is 0 Å². The number of nitrogens with zero attached hydrogens (tertiary/aromatic N) is 3. The molecule has 0 saturated heterocycles. The summed E-state index contributed by atoms with van der Waals surface area (Å²) >= 11 is 0. The van der Waals surface area contributed by atoms with Gasteiger partial charge in [0.05, 0.1) is 6.54 Å². The number of aryl methyl sites for hydroxylation is 2. The zero-order valence-corrected chi connectivity index (χ0v) is 17.2. The van der Waals surface area contributed by atoms with Crippen LogP contribution in [0.5, 0.6) is 0 Å². The maximum Gasteiger partial charge on any atom is 0.319 e. The standard InChI is InChI=1S/C24H25N5O/c1-17-9-11-19(12-10-17)16-29-22(27-21-8-5-14-25-23(21)29)13-15-26-24(30)28-20-7-4-3-6-18(20)2/h3-12,14H,13,15-16H2,1-2H3,(H2,26,28,30). The highest BCUT2D eigenvalue weighted by atomic mass is 16.2. The summed E-state index contributed by atoms with van der Waals surface area (Å²) < 4.78 is 2.13. The summed E-state index contributed by atoms with van der Waals surface area (Å²) in [6.07, 6.45) is 2.40. The van der Waals surface area contributed by atoms with Gasteiger partial charge in [0.2, 0.25) is 0 Å². The Balaban J connectivity index is 1.46. The van der Waals surface area contributed by atoms with Crippen molar-refractivity contribution in [3.63, 3.8) is 0 Å². The van der Waals surface area contributed by atoms with Crippen LogP contribution in [0.3, 0.4) is 0 Å². The smallest absolute Gasteiger partial charge is 0.319 e. The summed E-state index contributed by atoms with van der Waals surface area (Å²) in [5.41, 5.74) is 5.99. The molecule has 2 heterocycles. The van der Waals surface area contributed by atoms with Gasteiger partial charge in [-0.25, -0.2) is 14.8 Å². The molecule has 0 atom stereocenters. The van der Waals surface area contributed by atoms with Crippen molar-refractivity contribution < 1.29 is 4.79 Å². The highest BCUT2D eigenvalue weighted by molar-refractivity contribution is 5.90. The molecule has 0 radical (unpaired) electrons. The number of carbonyl (C=O) groups excluding carboxylic acids is 1. The van der Waals surface area contributed by atoms with Crippen molar-refractivity contribution in [2.75, 3.05) is 11.9 Å². The largest absolute Gasteiger partial charge is 0.337 e. The SMILES string of the molecule is Cc1ccc(Cn2c(CCNC(=O)Nc3ccccc3C)nc3cccnc32)cc1. The minimum Gasteiger partial charge on any atom is -0.337 e. The molecule has 0 aliphatic rings. The number of hydrogen-bond acceptors (Lipinski definition) is 3. The Morgan fingerprint density at radius 3 is 2.60 bits per heavy atom. The van der Waals surface area contributed by atoms with Gasteiger partial charge in [-0.05, 0) is 43.2 Å². The molecule has 4 rings (SSSR count). The Kier molecular flexibility index (Phi) is 5.75. The van der Waals surface area contributed by atoms with Gasteiger partial charge in [0.1, 0.15) is 11.3 Å². The van der Waals surface area contributed by atoms with Crippen LogP contribution in [0.15, 0.2) is 66.9 Å². The molecule has 0 bridgehead atoms. The maximum atomic E-state index is 12.3. The van der Waals surface area contributed by atoms with Gasteiger partial charge >= 0.3 is 6.03 Å². The Morgan fingerprint density at radius 2 is 1.80 bits per heavy atom. The Bertz CT molecular complexity index is 1160. The zero-order valence-electron chi connectivity index (χ0n) is 17.2. The minimum atomic E-state index is -0.219. The van der Waals surface area contributed by atoms with Crippen LogP contribution in [0.1, 0.15) is 22.5 Å². The van der Waals surface area contributed by atoms with E-state index >= 15 is 0 Å². The van der Waals surface area contributed by atoms with E-state index in [1.807, 2.05) is 43.3 Å². The number of carbonyl (C=O) groups is 1. The molecule has 6 nitrogen and oxygen atoms in total. The van der Waals surface area contributed by atoms with E-state index in [9.17, 15) is 4.79 Å². The molecule has 0 spiro atoms. The molecule has 30 heavy (non-hydrogen) atoms. The van der Waals surface area contributed by atoms with E-state index in [4.69, 9.17) is 4.98 Å². The van der Waals surface area contributed by atoms with Crippen molar-refractivity contribution in [1.29, 1.82) is 0 Å². The lowest BCUT2D eigenvalue weighted by atomic mass is 10.1. The van der Waals surface area contributed by atoms with Gasteiger partial charge in [0.15, 0.2) is 5.65 Å². The number of imidazole rings is 1. The molecule has 2 aromatic carbocycles. The van der Waals surface area contributed by atoms with Crippen LogP contribution in [0.4, 0.5) is 10.5 Å². The molecule has 2 amide bonds. The fourth-order valence-electron chi connectivity index (χ4n) is 3.41. The molecule has 0 saturated carbocycles. The minimum absolute atomic E-state index is 0.219. The van der Waals surface area contributed by atoms with Crippen LogP contribution in [-0.2, 0) is 13.0 Å². The lowest BCUT2D eigenvalue weighted by Gasteiger charge is -2.11. The average Bonchev–Trinajstić information content (AvgIpc) is 3.09. The third-order valence-electron chi connectivity index (χ3n) is 5.07. The number of urea groups is 1. The first-order chi connectivity index (χ1) is 14.6. The van der Waals surface area contributed by atoms with Crippen molar-refractivity contribution in [1.82, 2.24) is 19.9 Å². The van der Waals surface area contributed by atoms with Gasteiger partial charge in [-0.3, -0.25) is 0 Å². The monoisotopic (exact) mass is 399 g/mol. The zero-order chi connectivity index (χ0) is 20.9. The molecule has 152 valence electrons. The topological polar surface area (TPSA) is 71.8 Å². The maximum absolute atomic E-state index is 12.3. The van der Waals surface area contributed by atoms with Gasteiger partial charge < -0.3 is 15.2 Å². The van der Waals surface area contributed by atoms with Crippen molar-refractivity contribution in [3.05, 3.63) is 89.4 Å². The first kappa shape index (κ1) is 19.6. The number of aromatic nitrogens is 3. The molecule has 0 unspecified atom stereocenters. The number of hydrogen-bond donors (Lipinski definition) is 2. The number of nitrogens with one attached hydrogen (secondary N) is 2. The summed E-state index contributed by atoms with van der Waals surface area (Å²) in [6, 6.07) is 19.8. The van der Waals surface area contributed by atoms with E-state index in [0.29, 0.717) is 19.5 Å². The molecule has 4 aromatic rings. The predicted molar refractivity (Wildman–Crippen MR) is 120 cm³/mol. The Hall–Kier alpha value is -3.67. The van der Waals surface area contributed by atoms with E-state index < -0.39 is 0 Å². The van der Waals surface area contributed by atoms with E-state index in [-0.39, 0.29) is 6.03 Å². The van der Waals surface area contributed by atoms with Crippen molar-refractivity contribution in [2.45, 2.75) is 26.8 Å². The van der Waals surface area contributed by atoms with Crippen LogP contribution >= 0.6 is 0 Å². The molecular formula is C24H25N5O. The van der Waals surface area contributed by atoms with Crippen LogP contribution in [0.25, 0.3) is 11.2 Å². The molecule has 2 aromatic heterocycles. The van der Waals surface area contributed by atoms with E-state index in [1.165, 1.54) is 11.1 Å². The van der Waals surface area contributed by atoms with E-state index in [2.05, 4.69) is 51.4 Å². The Labute approximate surface area is 176 Å². The molecule has 2 N–H and O–H groups in total. The fraction of sp³-hybridized carbons (Fsp3) is 0.208. The average molecular weight is 399 g/mol. The third kappa shape index (κ3) is 4.49. The second-order valence-electron chi connectivity index (χ2n) is 7.39. The van der Waals surface area contributed by atoms with Gasteiger partial charge in [-0.1, -0.05) is 48.0 Å². The molecule has 6 heteroatoms. The van der Waals surface area contributed by atoms with Crippen LogP contribution in [0.2, 0.25) is 0 Å². The summed E-state index contributed by atoms with van der Waals surface area (Å²) in [4.78, 5) is 21.5. The van der Waals surface area contributed by atoms with E-state index in [0.717, 1.165) is 28.2 Å². The number of para-hydroxylation sites is 1. The molecule has 0 aliphatic heterocycles. The quantitative estimate of drug-likeness (QED) is 0.503. The van der Waals surface area contributed by atoms with Crippen LogP contribution < -0.4 is 10.6 Å². The lowest BCUT2D eigenvalue weighted by molar-refractivity contribution is 0.252. The molecule has 0 fully saturated rings. The highest BCUT2D eigenvalue weighted by Gasteiger charge is 2.12. The Morgan fingerprint density at radius 1 is 1.00 bits per heavy atom. The number of pyridine rings is 1. The second-order valence-corrected chi connectivity index (χ2v) is 7.39. The van der Waals surface area contributed by atoms with Crippen molar-refractivity contribution in [3.8, 4) is 0 Å². The van der Waals surface area contributed by atoms with Crippen molar-refractivity contribution >= 4 is 22.9 Å². The highest BCUT2D eigenvalue weighted by Crippen LogP contribution is 2.17. The fourth-order valence-corrected chi connectivity index (χ4v) is 3.41. The molecular weight excluding hydrogens is 374 g/mol. The van der Waals surface area contributed by atoms with Crippen LogP contribution in [0, 0.1) is 13.8 Å². The summed E-state index contributed by atoms with van der Waals surface area (Å²) in [6.45, 7) is 5.22. The van der Waals surface area contributed by atoms with E-state index in [1.54, 1.807) is 6.20 Å².